The molecule has 3 aromatic heterocycles. The minimum Gasteiger partial charge on any atom is -0.497 e. The van der Waals surface area contributed by atoms with Gasteiger partial charge in [0, 0.05) is 55.0 Å². The quantitative estimate of drug-likeness (QED) is 0.428. The van der Waals surface area contributed by atoms with Crippen LogP contribution in [0.2, 0.25) is 0 Å². The minimum atomic E-state index is -0.0153. The Morgan fingerprint density at radius 3 is 2.31 bits per heavy atom. The fourth-order valence-electron chi connectivity index (χ4n) is 3.90. The first-order valence-corrected chi connectivity index (χ1v) is 10.5. The monoisotopic (exact) mass is 426 g/mol. The number of hydrogen-bond acceptors (Lipinski definition) is 4. The first-order valence-electron chi connectivity index (χ1n) is 10.5. The van der Waals surface area contributed by atoms with Crippen LogP contribution in [0.5, 0.6) is 5.75 Å². The maximum Gasteiger partial charge on any atom is 0.256 e. The Labute approximate surface area is 188 Å². The van der Waals surface area contributed by atoms with Crippen LogP contribution in [-0.2, 0) is 13.1 Å². The maximum atomic E-state index is 13.7. The zero-order valence-corrected chi connectivity index (χ0v) is 18.5. The number of methoxy groups -OCH3 is 1. The van der Waals surface area contributed by atoms with Crippen LogP contribution in [0.25, 0.3) is 5.69 Å². The molecule has 4 aromatic rings. The summed E-state index contributed by atoms with van der Waals surface area (Å²) in [4.78, 5) is 23.9. The second kappa shape index (κ2) is 9.47. The number of aromatic nitrogens is 3. The zero-order valence-electron chi connectivity index (χ0n) is 18.5. The molecule has 32 heavy (non-hydrogen) atoms. The lowest BCUT2D eigenvalue weighted by Gasteiger charge is -2.23. The number of rotatable bonds is 7. The van der Waals surface area contributed by atoms with Crippen molar-refractivity contribution < 1.29 is 9.53 Å². The largest absolute Gasteiger partial charge is 0.497 e. The van der Waals surface area contributed by atoms with Crippen molar-refractivity contribution in [3.63, 3.8) is 0 Å². The third-order valence-corrected chi connectivity index (χ3v) is 5.50. The van der Waals surface area contributed by atoms with Gasteiger partial charge in [0.1, 0.15) is 5.75 Å². The van der Waals surface area contributed by atoms with E-state index in [0.717, 1.165) is 34.0 Å². The number of carbonyl (C=O) groups is 1. The van der Waals surface area contributed by atoms with Gasteiger partial charge in [0.25, 0.3) is 5.91 Å². The molecule has 0 unspecified atom stereocenters. The molecule has 0 spiro atoms. The Morgan fingerprint density at radius 1 is 0.938 bits per heavy atom. The number of carbonyl (C=O) groups excluding carboxylic acids is 1. The van der Waals surface area contributed by atoms with E-state index in [4.69, 9.17) is 4.74 Å². The summed E-state index contributed by atoms with van der Waals surface area (Å²) in [5.74, 6) is 0.783. The average molecular weight is 427 g/mol. The van der Waals surface area contributed by atoms with Crippen LogP contribution in [0.3, 0.4) is 0 Å². The van der Waals surface area contributed by atoms with Crippen LogP contribution in [0.1, 0.15) is 32.9 Å². The average Bonchev–Trinajstić information content (AvgIpc) is 3.13. The number of pyridine rings is 2. The third kappa shape index (κ3) is 4.54. The van der Waals surface area contributed by atoms with E-state index in [1.54, 1.807) is 31.9 Å². The van der Waals surface area contributed by atoms with E-state index < -0.39 is 0 Å². The standard InChI is InChI=1S/C26H26N4O2/c1-19-15-25(20(2)30(19)23-6-8-24(32-3)9-7-23)26(31)29(17-21-10-13-27-14-11-21)18-22-5-4-12-28-16-22/h4-16H,17-18H2,1-3H3. The number of amides is 1. The Morgan fingerprint density at radius 2 is 1.66 bits per heavy atom. The molecule has 1 amide bonds. The van der Waals surface area contributed by atoms with Crippen LogP contribution in [0.15, 0.2) is 79.4 Å². The Hall–Kier alpha value is -3.93. The topological polar surface area (TPSA) is 60.2 Å². The molecule has 0 aliphatic rings. The summed E-state index contributed by atoms with van der Waals surface area (Å²) in [6.07, 6.45) is 7.03. The second-order valence-corrected chi connectivity index (χ2v) is 7.70. The SMILES string of the molecule is COc1ccc(-n2c(C)cc(C(=O)N(Cc3ccncc3)Cc3cccnc3)c2C)cc1. The molecule has 3 heterocycles. The van der Waals surface area contributed by atoms with Crippen molar-refractivity contribution in [3.8, 4) is 11.4 Å². The number of hydrogen-bond donors (Lipinski definition) is 0. The molecule has 4 rings (SSSR count). The van der Waals surface area contributed by atoms with Gasteiger partial charge in [0.05, 0.1) is 12.7 Å². The first kappa shape index (κ1) is 21.3. The molecule has 0 atom stereocenters. The van der Waals surface area contributed by atoms with Gasteiger partial charge in [-0.15, -0.1) is 0 Å². The highest BCUT2D eigenvalue weighted by atomic mass is 16.5. The van der Waals surface area contributed by atoms with Crippen LogP contribution in [-0.4, -0.2) is 32.5 Å². The van der Waals surface area contributed by atoms with Gasteiger partial charge in [0.15, 0.2) is 0 Å². The van der Waals surface area contributed by atoms with E-state index in [0.29, 0.717) is 18.7 Å². The van der Waals surface area contributed by atoms with Gasteiger partial charge < -0.3 is 14.2 Å². The Kier molecular flexibility index (Phi) is 6.31. The lowest BCUT2D eigenvalue weighted by Crippen LogP contribution is -2.30. The van der Waals surface area contributed by atoms with Crippen LogP contribution < -0.4 is 4.74 Å². The summed E-state index contributed by atoms with van der Waals surface area (Å²) in [5.41, 5.74) is 5.61. The van der Waals surface area contributed by atoms with Crippen molar-refractivity contribution in [2.24, 2.45) is 0 Å². The molecule has 0 aliphatic heterocycles. The summed E-state index contributed by atoms with van der Waals surface area (Å²) in [7, 11) is 1.65. The first-order chi connectivity index (χ1) is 15.6. The van der Waals surface area contributed by atoms with Gasteiger partial charge in [-0.3, -0.25) is 14.8 Å². The van der Waals surface area contributed by atoms with Crippen molar-refractivity contribution in [3.05, 3.63) is 107 Å². The zero-order chi connectivity index (χ0) is 22.5. The molecule has 6 nitrogen and oxygen atoms in total. The molecule has 0 aliphatic carbocycles. The predicted octanol–water partition coefficient (Wildman–Crippen LogP) is 4.74. The van der Waals surface area contributed by atoms with E-state index in [-0.39, 0.29) is 5.91 Å². The lowest BCUT2D eigenvalue weighted by atomic mass is 10.1. The highest BCUT2D eigenvalue weighted by Gasteiger charge is 2.22. The third-order valence-electron chi connectivity index (χ3n) is 5.50. The van der Waals surface area contributed by atoms with Crippen molar-refractivity contribution in [1.29, 1.82) is 0 Å². The summed E-state index contributed by atoms with van der Waals surface area (Å²) in [6, 6.07) is 17.6. The fourth-order valence-corrected chi connectivity index (χ4v) is 3.90. The molecule has 0 N–H and O–H groups in total. The maximum absolute atomic E-state index is 13.7. The molecule has 0 fully saturated rings. The Bertz CT molecular complexity index is 1140. The van der Waals surface area contributed by atoms with E-state index in [9.17, 15) is 4.79 Å². The number of aryl methyl sites for hydroxylation is 1. The van der Waals surface area contributed by atoms with E-state index in [1.807, 2.05) is 73.3 Å². The van der Waals surface area contributed by atoms with Crippen molar-refractivity contribution in [2.75, 3.05) is 7.11 Å². The normalized spacial score (nSPS) is 10.7. The van der Waals surface area contributed by atoms with Gasteiger partial charge in [-0.25, -0.2) is 0 Å². The van der Waals surface area contributed by atoms with E-state index in [1.165, 1.54) is 0 Å². The van der Waals surface area contributed by atoms with Crippen molar-refractivity contribution in [2.45, 2.75) is 26.9 Å². The minimum absolute atomic E-state index is 0.0153. The van der Waals surface area contributed by atoms with Gasteiger partial charge in [0.2, 0.25) is 0 Å². The lowest BCUT2D eigenvalue weighted by molar-refractivity contribution is 0.0729. The van der Waals surface area contributed by atoms with Gasteiger partial charge >= 0.3 is 0 Å². The molecule has 0 radical (unpaired) electrons. The van der Waals surface area contributed by atoms with E-state index in [2.05, 4.69) is 14.5 Å². The van der Waals surface area contributed by atoms with Crippen molar-refractivity contribution >= 4 is 5.91 Å². The highest BCUT2D eigenvalue weighted by Crippen LogP contribution is 2.25. The number of nitrogens with zero attached hydrogens (tertiary/aromatic N) is 4. The second-order valence-electron chi connectivity index (χ2n) is 7.70. The molecule has 0 bridgehead atoms. The summed E-state index contributed by atoms with van der Waals surface area (Å²) in [6.45, 7) is 4.96. The molecule has 6 heteroatoms. The number of benzene rings is 1. The van der Waals surface area contributed by atoms with Gasteiger partial charge in [-0.2, -0.15) is 0 Å². The number of ether oxygens (including phenoxy) is 1. The molecular weight excluding hydrogens is 400 g/mol. The highest BCUT2D eigenvalue weighted by molar-refractivity contribution is 5.96. The molecular formula is C26H26N4O2. The molecule has 0 saturated heterocycles. The molecule has 162 valence electrons. The summed E-state index contributed by atoms with van der Waals surface area (Å²) >= 11 is 0. The van der Waals surface area contributed by atoms with Gasteiger partial charge in [-0.1, -0.05) is 6.07 Å². The predicted molar refractivity (Wildman–Crippen MR) is 124 cm³/mol. The summed E-state index contributed by atoms with van der Waals surface area (Å²) < 4.78 is 7.37. The molecule has 1 aromatic carbocycles. The summed E-state index contributed by atoms with van der Waals surface area (Å²) in [5, 5.41) is 0. The molecule has 0 saturated carbocycles. The fraction of sp³-hybridized carbons (Fsp3) is 0.192. The Balaban J connectivity index is 1.68. The smallest absolute Gasteiger partial charge is 0.256 e. The van der Waals surface area contributed by atoms with Crippen LogP contribution in [0, 0.1) is 13.8 Å². The van der Waals surface area contributed by atoms with Crippen LogP contribution >= 0.6 is 0 Å². The van der Waals surface area contributed by atoms with Crippen molar-refractivity contribution in [1.82, 2.24) is 19.4 Å². The van der Waals surface area contributed by atoms with E-state index >= 15 is 0 Å². The van der Waals surface area contributed by atoms with Gasteiger partial charge in [-0.05, 0) is 73.5 Å². The van der Waals surface area contributed by atoms with Crippen LogP contribution in [0.4, 0.5) is 0 Å².